The van der Waals surface area contributed by atoms with E-state index in [1.54, 1.807) is 12.1 Å². The van der Waals surface area contributed by atoms with Gasteiger partial charge in [-0.25, -0.2) is 9.37 Å². The molecule has 2 aromatic rings. The number of pyridine rings is 1. The molecule has 0 aliphatic heterocycles. The third-order valence-electron chi connectivity index (χ3n) is 2.99. The van der Waals surface area contributed by atoms with Gasteiger partial charge in [-0.15, -0.1) is 0 Å². The minimum atomic E-state index is -0.206. The Labute approximate surface area is 119 Å². The van der Waals surface area contributed by atoms with Gasteiger partial charge in [-0.2, -0.15) is 0 Å². The summed E-state index contributed by atoms with van der Waals surface area (Å²) in [5.74, 6) is 1.54. The standard InChI is InChI=1S/C16H20FN3/c1-3-10-18-15-8-5-9-16(19-15)20(2)12-13-6-4-7-14(17)11-13/h4-9,11H,3,10,12H2,1-2H3,(H,18,19). The van der Waals surface area contributed by atoms with Crippen LogP contribution in [0.25, 0.3) is 0 Å². The molecule has 1 aromatic carbocycles. The number of rotatable bonds is 6. The minimum Gasteiger partial charge on any atom is -0.370 e. The van der Waals surface area contributed by atoms with E-state index in [-0.39, 0.29) is 5.82 Å². The summed E-state index contributed by atoms with van der Waals surface area (Å²) in [6.45, 7) is 3.65. The average molecular weight is 273 g/mol. The van der Waals surface area contributed by atoms with Crippen LogP contribution in [0.15, 0.2) is 42.5 Å². The Balaban J connectivity index is 2.06. The van der Waals surface area contributed by atoms with Crippen molar-refractivity contribution in [1.29, 1.82) is 0 Å². The number of nitrogens with one attached hydrogen (secondary N) is 1. The van der Waals surface area contributed by atoms with E-state index in [4.69, 9.17) is 0 Å². The lowest BCUT2D eigenvalue weighted by Crippen LogP contribution is -2.18. The predicted octanol–water partition coefficient (Wildman–Crippen LogP) is 3.68. The summed E-state index contributed by atoms with van der Waals surface area (Å²) in [5.41, 5.74) is 0.932. The third kappa shape index (κ3) is 3.95. The molecule has 0 unspecified atom stereocenters. The van der Waals surface area contributed by atoms with E-state index >= 15 is 0 Å². The lowest BCUT2D eigenvalue weighted by Gasteiger charge is -2.19. The molecule has 20 heavy (non-hydrogen) atoms. The van der Waals surface area contributed by atoms with Gasteiger partial charge < -0.3 is 10.2 Å². The first kappa shape index (κ1) is 14.3. The molecular weight excluding hydrogens is 253 g/mol. The minimum absolute atomic E-state index is 0.206. The summed E-state index contributed by atoms with van der Waals surface area (Å²) in [5, 5.41) is 3.26. The Morgan fingerprint density at radius 1 is 1.20 bits per heavy atom. The number of hydrogen-bond acceptors (Lipinski definition) is 3. The number of anilines is 2. The fraction of sp³-hybridized carbons (Fsp3) is 0.312. The van der Waals surface area contributed by atoms with Crippen molar-refractivity contribution in [1.82, 2.24) is 4.98 Å². The first-order chi connectivity index (χ1) is 9.69. The smallest absolute Gasteiger partial charge is 0.130 e. The van der Waals surface area contributed by atoms with Crippen LogP contribution in [0.3, 0.4) is 0 Å². The van der Waals surface area contributed by atoms with Gasteiger partial charge in [0.2, 0.25) is 0 Å². The zero-order valence-corrected chi connectivity index (χ0v) is 11.9. The van der Waals surface area contributed by atoms with Crippen LogP contribution in [0.2, 0.25) is 0 Å². The van der Waals surface area contributed by atoms with Gasteiger partial charge in [-0.05, 0) is 36.2 Å². The lowest BCUT2D eigenvalue weighted by atomic mass is 10.2. The van der Waals surface area contributed by atoms with Gasteiger partial charge in [0.1, 0.15) is 17.5 Å². The Hall–Kier alpha value is -2.10. The maximum Gasteiger partial charge on any atom is 0.130 e. The highest BCUT2D eigenvalue weighted by Crippen LogP contribution is 2.16. The molecule has 4 heteroatoms. The second kappa shape index (κ2) is 6.89. The van der Waals surface area contributed by atoms with E-state index < -0.39 is 0 Å². The second-order valence-electron chi connectivity index (χ2n) is 4.79. The van der Waals surface area contributed by atoms with Gasteiger partial charge in [-0.3, -0.25) is 0 Å². The third-order valence-corrected chi connectivity index (χ3v) is 2.99. The summed E-state index contributed by atoms with van der Waals surface area (Å²) in [4.78, 5) is 6.56. The van der Waals surface area contributed by atoms with E-state index in [1.165, 1.54) is 6.07 Å². The Morgan fingerprint density at radius 3 is 2.75 bits per heavy atom. The molecule has 0 radical (unpaired) electrons. The van der Waals surface area contributed by atoms with Crippen LogP contribution in [0.5, 0.6) is 0 Å². The van der Waals surface area contributed by atoms with Gasteiger partial charge in [0.15, 0.2) is 0 Å². The monoisotopic (exact) mass is 273 g/mol. The van der Waals surface area contributed by atoms with Crippen molar-refractivity contribution in [2.45, 2.75) is 19.9 Å². The van der Waals surface area contributed by atoms with Gasteiger partial charge >= 0.3 is 0 Å². The highest BCUT2D eigenvalue weighted by molar-refractivity contribution is 5.47. The summed E-state index contributed by atoms with van der Waals surface area (Å²) in [6.07, 6.45) is 1.06. The predicted molar refractivity (Wildman–Crippen MR) is 81.5 cm³/mol. The molecular formula is C16H20FN3. The molecule has 0 aliphatic carbocycles. The van der Waals surface area contributed by atoms with Crippen molar-refractivity contribution in [3.8, 4) is 0 Å². The topological polar surface area (TPSA) is 28.2 Å². The van der Waals surface area contributed by atoms with Crippen molar-refractivity contribution < 1.29 is 4.39 Å². The molecule has 0 saturated heterocycles. The molecule has 0 aliphatic rings. The molecule has 106 valence electrons. The second-order valence-corrected chi connectivity index (χ2v) is 4.79. The molecule has 0 bridgehead atoms. The molecule has 0 amide bonds. The van der Waals surface area contributed by atoms with Crippen molar-refractivity contribution in [3.05, 3.63) is 53.8 Å². The normalized spacial score (nSPS) is 10.3. The largest absolute Gasteiger partial charge is 0.370 e. The van der Waals surface area contributed by atoms with Crippen LogP contribution in [0, 0.1) is 5.82 Å². The molecule has 0 spiro atoms. The van der Waals surface area contributed by atoms with Crippen LogP contribution in [0.1, 0.15) is 18.9 Å². The number of hydrogen-bond donors (Lipinski definition) is 1. The SMILES string of the molecule is CCCNc1cccc(N(C)Cc2cccc(F)c2)n1. The number of nitrogens with zero attached hydrogens (tertiary/aromatic N) is 2. The highest BCUT2D eigenvalue weighted by Gasteiger charge is 2.05. The van der Waals surface area contributed by atoms with Gasteiger partial charge in [0, 0.05) is 20.1 Å². The zero-order valence-electron chi connectivity index (χ0n) is 11.9. The molecule has 1 aromatic heterocycles. The summed E-state index contributed by atoms with van der Waals surface area (Å²) < 4.78 is 13.2. The van der Waals surface area contributed by atoms with Crippen LogP contribution in [-0.4, -0.2) is 18.6 Å². The summed E-state index contributed by atoms with van der Waals surface area (Å²) >= 11 is 0. The first-order valence-electron chi connectivity index (χ1n) is 6.85. The Bertz CT molecular complexity index is 557. The van der Waals surface area contributed by atoms with E-state index in [1.807, 2.05) is 36.2 Å². The van der Waals surface area contributed by atoms with Crippen molar-refractivity contribution in [2.75, 3.05) is 23.8 Å². The van der Waals surface area contributed by atoms with Crippen LogP contribution >= 0.6 is 0 Å². The van der Waals surface area contributed by atoms with Crippen molar-refractivity contribution >= 4 is 11.6 Å². The van der Waals surface area contributed by atoms with Gasteiger partial charge in [0.25, 0.3) is 0 Å². The molecule has 0 saturated carbocycles. The summed E-state index contributed by atoms with van der Waals surface area (Å²) in [7, 11) is 1.96. The molecule has 0 atom stereocenters. The molecule has 2 rings (SSSR count). The number of halogens is 1. The maximum atomic E-state index is 13.2. The lowest BCUT2D eigenvalue weighted by molar-refractivity contribution is 0.625. The maximum absolute atomic E-state index is 13.2. The quantitative estimate of drug-likeness (QED) is 0.870. The van der Waals surface area contributed by atoms with E-state index in [2.05, 4.69) is 17.2 Å². The fourth-order valence-electron chi connectivity index (χ4n) is 1.98. The molecule has 3 nitrogen and oxygen atoms in total. The summed E-state index contributed by atoms with van der Waals surface area (Å²) in [6, 6.07) is 12.5. The Morgan fingerprint density at radius 2 is 2.00 bits per heavy atom. The van der Waals surface area contributed by atoms with Gasteiger partial charge in [0.05, 0.1) is 0 Å². The van der Waals surface area contributed by atoms with Gasteiger partial charge in [-0.1, -0.05) is 25.1 Å². The van der Waals surface area contributed by atoms with E-state index in [0.717, 1.165) is 30.2 Å². The molecule has 0 fully saturated rings. The molecule has 1 heterocycles. The van der Waals surface area contributed by atoms with E-state index in [0.29, 0.717) is 6.54 Å². The number of benzene rings is 1. The van der Waals surface area contributed by atoms with Crippen LogP contribution in [0.4, 0.5) is 16.0 Å². The van der Waals surface area contributed by atoms with E-state index in [9.17, 15) is 4.39 Å². The Kier molecular flexibility index (Phi) is 4.93. The number of aromatic nitrogens is 1. The van der Waals surface area contributed by atoms with Crippen LogP contribution < -0.4 is 10.2 Å². The highest BCUT2D eigenvalue weighted by atomic mass is 19.1. The fourth-order valence-corrected chi connectivity index (χ4v) is 1.98. The van der Waals surface area contributed by atoms with Crippen molar-refractivity contribution in [3.63, 3.8) is 0 Å². The average Bonchev–Trinajstić information content (AvgIpc) is 2.45. The zero-order chi connectivity index (χ0) is 14.4. The van der Waals surface area contributed by atoms with Crippen LogP contribution in [-0.2, 0) is 6.54 Å². The molecule has 1 N–H and O–H groups in total. The van der Waals surface area contributed by atoms with Crippen molar-refractivity contribution in [2.24, 2.45) is 0 Å². The first-order valence-corrected chi connectivity index (χ1v) is 6.85.